The lowest BCUT2D eigenvalue weighted by Gasteiger charge is -2.39. The molecule has 0 aliphatic carbocycles. The Bertz CT molecular complexity index is 143. The summed E-state index contributed by atoms with van der Waals surface area (Å²) in [5.74, 6) is 0.381. The van der Waals surface area contributed by atoms with Crippen LogP contribution >= 0.6 is 0 Å². The first-order chi connectivity index (χ1) is 5.39. The van der Waals surface area contributed by atoms with Crippen LogP contribution in [0.2, 0.25) is 0 Å². The van der Waals surface area contributed by atoms with E-state index in [1.165, 1.54) is 5.06 Å². The largest absolute Gasteiger partial charge is 0.392 e. The SMILES string of the molecule is CC(C)(C)[C@H]1C[C@@H](O)CN(O)C1. The van der Waals surface area contributed by atoms with Gasteiger partial charge in [0.15, 0.2) is 0 Å². The molecule has 1 fully saturated rings. The maximum absolute atomic E-state index is 9.41. The standard InChI is InChI=1S/C9H19NO2/c1-9(2,3)7-4-8(11)6-10(12)5-7/h7-8,11-12H,4-6H2,1-3H3/t7-,8+/m0/s1. The Morgan fingerprint density at radius 1 is 1.25 bits per heavy atom. The smallest absolute Gasteiger partial charge is 0.0693 e. The zero-order valence-electron chi connectivity index (χ0n) is 8.12. The van der Waals surface area contributed by atoms with Gasteiger partial charge in [0, 0.05) is 13.1 Å². The average Bonchev–Trinajstić information content (AvgIpc) is 1.82. The second kappa shape index (κ2) is 3.32. The van der Waals surface area contributed by atoms with Gasteiger partial charge in [-0.05, 0) is 17.8 Å². The Morgan fingerprint density at radius 3 is 2.25 bits per heavy atom. The van der Waals surface area contributed by atoms with Gasteiger partial charge >= 0.3 is 0 Å². The highest BCUT2D eigenvalue weighted by Gasteiger charge is 2.32. The second-order valence-corrected chi connectivity index (χ2v) is 4.82. The van der Waals surface area contributed by atoms with Crippen LogP contribution < -0.4 is 0 Å². The molecule has 0 aromatic rings. The number of aliphatic hydroxyl groups excluding tert-OH is 1. The third kappa shape index (κ3) is 2.44. The van der Waals surface area contributed by atoms with Crippen LogP contribution in [0.1, 0.15) is 27.2 Å². The van der Waals surface area contributed by atoms with E-state index in [0.29, 0.717) is 19.0 Å². The number of hydrogen-bond donors (Lipinski definition) is 2. The van der Waals surface area contributed by atoms with E-state index in [9.17, 15) is 10.3 Å². The highest BCUT2D eigenvalue weighted by Crippen LogP contribution is 2.32. The summed E-state index contributed by atoms with van der Waals surface area (Å²) in [5, 5.41) is 19.9. The molecule has 0 saturated carbocycles. The molecule has 2 N–H and O–H groups in total. The minimum absolute atomic E-state index is 0.169. The topological polar surface area (TPSA) is 43.7 Å². The maximum Gasteiger partial charge on any atom is 0.0693 e. The average molecular weight is 173 g/mol. The van der Waals surface area contributed by atoms with Crippen LogP contribution in [0.15, 0.2) is 0 Å². The first kappa shape index (κ1) is 9.96. The Hall–Kier alpha value is -0.120. The van der Waals surface area contributed by atoms with Crippen LogP contribution in [-0.4, -0.2) is 34.6 Å². The summed E-state index contributed by atoms with van der Waals surface area (Å²) in [5.41, 5.74) is 0.169. The molecule has 0 amide bonds. The number of nitrogens with zero attached hydrogens (tertiary/aromatic N) is 1. The molecule has 12 heavy (non-hydrogen) atoms. The molecule has 0 bridgehead atoms. The van der Waals surface area contributed by atoms with Crippen LogP contribution in [0, 0.1) is 11.3 Å². The lowest BCUT2D eigenvalue weighted by molar-refractivity contribution is -0.159. The molecule has 3 heteroatoms. The van der Waals surface area contributed by atoms with Crippen LogP contribution in [-0.2, 0) is 0 Å². The molecule has 0 aromatic heterocycles. The Balaban J connectivity index is 2.55. The van der Waals surface area contributed by atoms with E-state index in [1.807, 2.05) is 0 Å². The van der Waals surface area contributed by atoms with Gasteiger partial charge < -0.3 is 10.3 Å². The predicted molar refractivity (Wildman–Crippen MR) is 46.9 cm³/mol. The fourth-order valence-corrected chi connectivity index (χ4v) is 1.68. The van der Waals surface area contributed by atoms with Crippen molar-refractivity contribution in [3.05, 3.63) is 0 Å². The molecule has 1 rings (SSSR count). The van der Waals surface area contributed by atoms with Gasteiger partial charge in [-0.3, -0.25) is 0 Å². The van der Waals surface area contributed by atoms with Crippen molar-refractivity contribution in [1.82, 2.24) is 5.06 Å². The van der Waals surface area contributed by atoms with Crippen LogP contribution in [0.4, 0.5) is 0 Å². The summed E-state index contributed by atoms with van der Waals surface area (Å²) in [6.45, 7) is 7.50. The van der Waals surface area contributed by atoms with E-state index >= 15 is 0 Å². The van der Waals surface area contributed by atoms with Crippen molar-refractivity contribution < 1.29 is 10.3 Å². The van der Waals surface area contributed by atoms with Gasteiger partial charge in [0.2, 0.25) is 0 Å². The number of rotatable bonds is 0. The normalized spacial score (nSPS) is 33.8. The molecular formula is C9H19NO2. The molecule has 72 valence electrons. The summed E-state index contributed by atoms with van der Waals surface area (Å²) >= 11 is 0. The molecule has 2 atom stereocenters. The molecule has 1 heterocycles. The van der Waals surface area contributed by atoms with E-state index in [4.69, 9.17) is 0 Å². The van der Waals surface area contributed by atoms with Gasteiger partial charge in [-0.15, -0.1) is 0 Å². The molecular weight excluding hydrogens is 154 g/mol. The highest BCUT2D eigenvalue weighted by atomic mass is 16.5. The van der Waals surface area contributed by atoms with Gasteiger partial charge in [-0.2, -0.15) is 5.06 Å². The third-order valence-corrected chi connectivity index (χ3v) is 2.63. The Kier molecular flexibility index (Phi) is 2.76. The molecule has 0 spiro atoms. The summed E-state index contributed by atoms with van der Waals surface area (Å²) in [6.07, 6.45) is 0.438. The fourth-order valence-electron chi connectivity index (χ4n) is 1.68. The lowest BCUT2D eigenvalue weighted by Crippen LogP contribution is -2.45. The Labute approximate surface area is 74.0 Å². The molecule has 1 aliphatic rings. The lowest BCUT2D eigenvalue weighted by atomic mass is 9.76. The molecule has 1 aliphatic heterocycles. The molecule has 0 aromatic carbocycles. The van der Waals surface area contributed by atoms with E-state index in [-0.39, 0.29) is 11.5 Å². The summed E-state index contributed by atoms with van der Waals surface area (Å²) in [6, 6.07) is 0. The summed E-state index contributed by atoms with van der Waals surface area (Å²) in [7, 11) is 0. The van der Waals surface area contributed by atoms with Crippen molar-refractivity contribution in [1.29, 1.82) is 0 Å². The van der Waals surface area contributed by atoms with Crippen molar-refractivity contribution in [2.24, 2.45) is 11.3 Å². The van der Waals surface area contributed by atoms with E-state index in [2.05, 4.69) is 20.8 Å². The van der Waals surface area contributed by atoms with Crippen molar-refractivity contribution in [2.45, 2.75) is 33.3 Å². The zero-order valence-corrected chi connectivity index (χ0v) is 8.12. The highest BCUT2D eigenvalue weighted by molar-refractivity contribution is 4.82. The second-order valence-electron chi connectivity index (χ2n) is 4.82. The van der Waals surface area contributed by atoms with Crippen LogP contribution in [0.3, 0.4) is 0 Å². The van der Waals surface area contributed by atoms with Crippen LogP contribution in [0.5, 0.6) is 0 Å². The minimum atomic E-state index is -0.368. The molecule has 1 saturated heterocycles. The monoisotopic (exact) mass is 173 g/mol. The van der Waals surface area contributed by atoms with Crippen molar-refractivity contribution in [3.63, 3.8) is 0 Å². The molecule has 0 radical (unpaired) electrons. The predicted octanol–water partition coefficient (Wildman–Crippen LogP) is 1.10. The first-order valence-corrected chi connectivity index (χ1v) is 4.51. The first-order valence-electron chi connectivity index (χ1n) is 4.51. The van der Waals surface area contributed by atoms with Gasteiger partial charge in [-0.1, -0.05) is 20.8 Å². The van der Waals surface area contributed by atoms with Crippen molar-refractivity contribution in [3.8, 4) is 0 Å². The van der Waals surface area contributed by atoms with Crippen molar-refractivity contribution >= 4 is 0 Å². The number of hydroxylamine groups is 2. The number of aliphatic hydroxyl groups is 1. The van der Waals surface area contributed by atoms with E-state index in [0.717, 1.165) is 6.42 Å². The molecule has 0 unspecified atom stereocenters. The quantitative estimate of drug-likeness (QED) is 0.576. The van der Waals surface area contributed by atoms with Gasteiger partial charge in [0.1, 0.15) is 0 Å². The van der Waals surface area contributed by atoms with Crippen LogP contribution in [0.25, 0.3) is 0 Å². The number of hydrogen-bond acceptors (Lipinski definition) is 3. The number of piperidine rings is 1. The maximum atomic E-state index is 9.41. The summed E-state index contributed by atoms with van der Waals surface area (Å²) in [4.78, 5) is 0. The Morgan fingerprint density at radius 2 is 1.83 bits per heavy atom. The van der Waals surface area contributed by atoms with Gasteiger partial charge in [-0.25, -0.2) is 0 Å². The fraction of sp³-hybridized carbons (Fsp3) is 1.00. The zero-order chi connectivity index (χ0) is 9.35. The summed E-state index contributed by atoms with van der Waals surface area (Å²) < 4.78 is 0. The van der Waals surface area contributed by atoms with Gasteiger partial charge in [0.25, 0.3) is 0 Å². The number of β-amino-alcohol motifs (C(OH)–C–C–N with tert-alkyl or cyclic N) is 1. The molecule has 3 nitrogen and oxygen atoms in total. The van der Waals surface area contributed by atoms with E-state index < -0.39 is 0 Å². The van der Waals surface area contributed by atoms with Crippen molar-refractivity contribution in [2.75, 3.05) is 13.1 Å². The minimum Gasteiger partial charge on any atom is -0.392 e. The third-order valence-electron chi connectivity index (χ3n) is 2.63. The van der Waals surface area contributed by atoms with E-state index in [1.54, 1.807) is 0 Å². The van der Waals surface area contributed by atoms with Gasteiger partial charge in [0.05, 0.1) is 6.10 Å².